The van der Waals surface area contributed by atoms with Crippen LogP contribution >= 0.6 is 0 Å². The average Bonchev–Trinajstić information content (AvgIpc) is 2.44. The van der Waals surface area contributed by atoms with Gasteiger partial charge < -0.3 is 5.73 Å². The summed E-state index contributed by atoms with van der Waals surface area (Å²) in [4.78, 5) is 0. The summed E-state index contributed by atoms with van der Waals surface area (Å²) in [6, 6.07) is 5.55. The number of nitrogen functional groups attached to an aromatic ring is 1. The van der Waals surface area contributed by atoms with Crippen molar-refractivity contribution in [2.24, 2.45) is 0 Å². The first kappa shape index (κ1) is 19.9. The van der Waals surface area contributed by atoms with Gasteiger partial charge in [-0.1, -0.05) is 12.1 Å². The second-order valence-electron chi connectivity index (χ2n) is 5.43. The molecule has 0 aliphatic carbocycles. The van der Waals surface area contributed by atoms with E-state index in [1.807, 2.05) is 0 Å². The van der Waals surface area contributed by atoms with Gasteiger partial charge in [-0.05, 0) is 29.8 Å². The van der Waals surface area contributed by atoms with Crippen molar-refractivity contribution in [3.8, 4) is 11.1 Å². The van der Waals surface area contributed by atoms with Gasteiger partial charge in [-0.15, -0.1) is 0 Å². The summed E-state index contributed by atoms with van der Waals surface area (Å²) in [7, 11) is -3.56. The van der Waals surface area contributed by atoms with Crippen LogP contribution in [0.15, 0.2) is 36.4 Å². The van der Waals surface area contributed by atoms with Gasteiger partial charge in [-0.25, -0.2) is 8.42 Å². The van der Waals surface area contributed by atoms with E-state index < -0.39 is 39.2 Å². The summed E-state index contributed by atoms with van der Waals surface area (Å²) in [5.74, 6) is 0. The van der Waals surface area contributed by atoms with Gasteiger partial charge in [0.2, 0.25) is 10.0 Å². The number of hydrogen-bond acceptors (Lipinski definition) is 3. The molecule has 0 unspecified atom stereocenters. The van der Waals surface area contributed by atoms with E-state index in [1.165, 1.54) is 24.3 Å². The van der Waals surface area contributed by atoms with Gasteiger partial charge in [-0.3, -0.25) is 4.72 Å². The largest absolute Gasteiger partial charge is 0.417 e. The Morgan fingerprint density at radius 3 is 1.77 bits per heavy atom. The zero-order chi connectivity index (χ0) is 19.9. The minimum atomic E-state index is -5.23. The zero-order valence-corrected chi connectivity index (χ0v) is 13.9. The zero-order valence-electron chi connectivity index (χ0n) is 13.0. The Kier molecular flexibility index (Phi) is 4.88. The summed E-state index contributed by atoms with van der Waals surface area (Å²) in [5, 5.41) is 0. The van der Waals surface area contributed by atoms with Crippen LogP contribution in [0.2, 0.25) is 0 Å². The van der Waals surface area contributed by atoms with Gasteiger partial charge in [0.25, 0.3) is 0 Å². The fourth-order valence-corrected chi connectivity index (χ4v) is 2.83. The monoisotopic (exact) mass is 398 g/mol. The van der Waals surface area contributed by atoms with Gasteiger partial charge in [-0.2, -0.15) is 26.3 Å². The number of nitrogens with one attached hydrogen (secondary N) is 1. The lowest BCUT2D eigenvalue weighted by Crippen LogP contribution is -2.17. The van der Waals surface area contributed by atoms with Gasteiger partial charge >= 0.3 is 12.4 Å². The second kappa shape index (κ2) is 6.38. The maximum atomic E-state index is 13.0. The Hall–Kier alpha value is -2.43. The molecule has 0 amide bonds. The van der Waals surface area contributed by atoms with Crippen LogP contribution in [0.4, 0.5) is 37.7 Å². The Balaban J connectivity index is 2.57. The molecule has 142 valence electrons. The summed E-state index contributed by atoms with van der Waals surface area (Å²) in [5.41, 5.74) is 1.29. The van der Waals surface area contributed by atoms with E-state index in [2.05, 4.69) is 4.72 Å². The van der Waals surface area contributed by atoms with Gasteiger partial charge in [0.15, 0.2) is 0 Å². The van der Waals surface area contributed by atoms with Crippen LogP contribution in [0.5, 0.6) is 0 Å². The number of hydrogen-bond donors (Lipinski definition) is 2. The lowest BCUT2D eigenvalue weighted by atomic mass is 9.96. The summed E-state index contributed by atoms with van der Waals surface area (Å²) in [6.07, 6.45) is -9.55. The van der Waals surface area contributed by atoms with Crippen LogP contribution in [-0.2, 0) is 22.4 Å². The number of rotatable bonds is 3. The number of halogens is 6. The molecule has 0 aliphatic heterocycles. The van der Waals surface area contributed by atoms with Crippen molar-refractivity contribution < 1.29 is 34.8 Å². The molecular weight excluding hydrogens is 386 g/mol. The summed E-state index contributed by atoms with van der Waals surface area (Å²) in [6.45, 7) is 0. The van der Waals surface area contributed by atoms with Crippen molar-refractivity contribution in [3.05, 3.63) is 47.5 Å². The molecule has 26 heavy (non-hydrogen) atoms. The van der Waals surface area contributed by atoms with E-state index in [-0.39, 0.29) is 22.9 Å². The minimum Gasteiger partial charge on any atom is -0.398 e. The molecule has 3 N–H and O–H groups in total. The standard InChI is InChI=1S/C15H12F6N2O2S/c1-26(24,25)23-9-4-2-8(3-5-9)10-6-11(14(16,17)18)12(7-13(10)22)15(19,20)21/h2-7,23H,22H2,1H3. The smallest absolute Gasteiger partial charge is 0.398 e. The Morgan fingerprint density at radius 1 is 0.885 bits per heavy atom. The molecule has 0 saturated heterocycles. The van der Waals surface area contributed by atoms with Crippen molar-refractivity contribution in [1.82, 2.24) is 0 Å². The topological polar surface area (TPSA) is 72.2 Å². The predicted octanol–water partition coefficient (Wildman–Crippen LogP) is 4.34. The highest BCUT2D eigenvalue weighted by Crippen LogP contribution is 2.44. The van der Waals surface area contributed by atoms with E-state index >= 15 is 0 Å². The van der Waals surface area contributed by atoms with Gasteiger partial charge in [0, 0.05) is 16.9 Å². The van der Waals surface area contributed by atoms with Crippen LogP contribution in [0.25, 0.3) is 11.1 Å². The SMILES string of the molecule is CS(=O)(=O)Nc1ccc(-c2cc(C(F)(F)F)c(C(F)(F)F)cc2N)cc1. The molecular formula is C15H12F6N2O2S. The highest BCUT2D eigenvalue weighted by atomic mass is 32.2. The molecule has 2 aromatic rings. The molecule has 2 rings (SSSR count). The van der Waals surface area contributed by atoms with Crippen LogP contribution in [-0.4, -0.2) is 14.7 Å². The third kappa shape index (κ3) is 4.59. The maximum Gasteiger partial charge on any atom is 0.417 e. The number of sulfonamides is 1. The van der Waals surface area contributed by atoms with Gasteiger partial charge in [0.05, 0.1) is 17.4 Å². The van der Waals surface area contributed by atoms with E-state index in [1.54, 1.807) is 0 Å². The molecule has 0 bridgehead atoms. The van der Waals surface area contributed by atoms with Crippen LogP contribution in [0.3, 0.4) is 0 Å². The fourth-order valence-electron chi connectivity index (χ4n) is 2.27. The Morgan fingerprint density at radius 2 is 1.35 bits per heavy atom. The minimum absolute atomic E-state index is 0.0979. The quantitative estimate of drug-likeness (QED) is 0.597. The first-order valence-corrected chi connectivity index (χ1v) is 8.74. The maximum absolute atomic E-state index is 13.0. The number of alkyl halides is 6. The highest BCUT2D eigenvalue weighted by molar-refractivity contribution is 7.92. The van der Waals surface area contributed by atoms with Crippen molar-refractivity contribution >= 4 is 21.4 Å². The van der Waals surface area contributed by atoms with E-state index in [0.717, 1.165) is 6.26 Å². The molecule has 0 fully saturated rings. The third-order valence-corrected chi connectivity index (χ3v) is 3.91. The van der Waals surface area contributed by atoms with Crippen LogP contribution in [0.1, 0.15) is 11.1 Å². The van der Waals surface area contributed by atoms with Gasteiger partial charge in [0.1, 0.15) is 0 Å². The third-order valence-electron chi connectivity index (χ3n) is 3.30. The molecule has 0 aliphatic rings. The highest BCUT2D eigenvalue weighted by Gasteiger charge is 2.43. The van der Waals surface area contributed by atoms with E-state index in [4.69, 9.17) is 5.73 Å². The number of anilines is 2. The van der Waals surface area contributed by atoms with Crippen LogP contribution < -0.4 is 10.5 Å². The Bertz CT molecular complexity index is 919. The predicted molar refractivity (Wildman–Crippen MR) is 84.8 cm³/mol. The normalized spacial score (nSPS) is 12.9. The van der Waals surface area contributed by atoms with E-state index in [9.17, 15) is 34.8 Å². The first-order chi connectivity index (χ1) is 11.7. The van der Waals surface area contributed by atoms with Crippen molar-refractivity contribution in [2.75, 3.05) is 16.7 Å². The molecule has 11 heteroatoms. The lowest BCUT2D eigenvalue weighted by Gasteiger charge is -2.18. The molecule has 0 aromatic heterocycles. The van der Waals surface area contributed by atoms with Crippen molar-refractivity contribution in [1.29, 1.82) is 0 Å². The van der Waals surface area contributed by atoms with Crippen molar-refractivity contribution in [3.63, 3.8) is 0 Å². The lowest BCUT2D eigenvalue weighted by molar-refractivity contribution is -0.162. The van der Waals surface area contributed by atoms with E-state index in [0.29, 0.717) is 6.07 Å². The summed E-state index contributed by atoms with van der Waals surface area (Å²) < 4.78 is 102. The summed E-state index contributed by atoms with van der Waals surface area (Å²) >= 11 is 0. The first-order valence-electron chi connectivity index (χ1n) is 6.84. The molecule has 4 nitrogen and oxygen atoms in total. The molecule has 2 aromatic carbocycles. The fraction of sp³-hybridized carbons (Fsp3) is 0.200. The molecule has 0 atom stereocenters. The van der Waals surface area contributed by atoms with Crippen LogP contribution in [0, 0.1) is 0 Å². The second-order valence-corrected chi connectivity index (χ2v) is 7.18. The Labute approximate surface area is 144 Å². The number of benzene rings is 2. The molecule has 0 saturated carbocycles. The average molecular weight is 398 g/mol. The van der Waals surface area contributed by atoms with Crippen molar-refractivity contribution in [2.45, 2.75) is 12.4 Å². The molecule has 0 spiro atoms. The molecule has 0 heterocycles. The number of nitrogens with two attached hydrogens (primary N) is 1. The molecule has 0 radical (unpaired) electrons.